The van der Waals surface area contributed by atoms with Gasteiger partial charge in [-0.2, -0.15) is 17.0 Å². The zero-order valence-corrected chi connectivity index (χ0v) is 13.7. The van der Waals surface area contributed by atoms with Gasteiger partial charge >= 0.3 is 0 Å². The van der Waals surface area contributed by atoms with E-state index < -0.39 is 0 Å². The Morgan fingerprint density at radius 2 is 2.14 bits per heavy atom. The SMILES string of the molecule is CC(=S)OC[C@H](CSCc1ccccc1)C(=O)N(C)C#N. The van der Waals surface area contributed by atoms with E-state index in [0.29, 0.717) is 10.8 Å². The fraction of sp³-hybridized carbons (Fsp3) is 0.400. The van der Waals surface area contributed by atoms with Crippen LogP contribution >= 0.6 is 24.0 Å². The van der Waals surface area contributed by atoms with E-state index in [2.05, 4.69) is 0 Å². The molecule has 0 N–H and O–H groups in total. The Balaban J connectivity index is 2.54. The van der Waals surface area contributed by atoms with Gasteiger partial charge in [0.05, 0.1) is 5.92 Å². The van der Waals surface area contributed by atoms with Gasteiger partial charge in [-0.05, 0) is 17.8 Å². The molecule has 0 aliphatic heterocycles. The Hall–Kier alpha value is -1.58. The van der Waals surface area contributed by atoms with Crippen LogP contribution in [-0.4, -0.2) is 35.3 Å². The molecular formula is C15H18N2O2S2. The lowest BCUT2D eigenvalue weighted by Crippen LogP contribution is -2.34. The fourth-order valence-corrected chi connectivity index (χ4v) is 2.76. The number of thiocarbonyl (C=S) groups is 1. The third-order valence-electron chi connectivity index (χ3n) is 2.75. The third kappa shape index (κ3) is 6.61. The number of rotatable bonds is 7. The molecule has 4 nitrogen and oxygen atoms in total. The molecule has 0 aliphatic carbocycles. The largest absolute Gasteiger partial charge is 0.487 e. The molecule has 1 rings (SSSR count). The highest BCUT2D eigenvalue weighted by atomic mass is 32.2. The molecule has 21 heavy (non-hydrogen) atoms. The molecule has 112 valence electrons. The first kappa shape index (κ1) is 17.5. The number of hydrogen-bond acceptors (Lipinski definition) is 5. The Morgan fingerprint density at radius 1 is 1.48 bits per heavy atom. The highest BCUT2D eigenvalue weighted by molar-refractivity contribution is 7.98. The third-order valence-corrected chi connectivity index (χ3v) is 4.04. The van der Waals surface area contributed by atoms with E-state index >= 15 is 0 Å². The van der Waals surface area contributed by atoms with Crippen LogP contribution in [-0.2, 0) is 15.3 Å². The van der Waals surface area contributed by atoms with Gasteiger partial charge in [0, 0.05) is 25.5 Å². The molecule has 0 bridgehead atoms. The Bertz CT molecular complexity index is 514. The van der Waals surface area contributed by atoms with E-state index in [1.165, 1.54) is 12.6 Å². The fourth-order valence-electron chi connectivity index (χ4n) is 1.63. The quantitative estimate of drug-likeness (QED) is 0.439. The highest BCUT2D eigenvalue weighted by Crippen LogP contribution is 2.17. The molecule has 0 spiro atoms. The molecule has 1 amide bonds. The van der Waals surface area contributed by atoms with Crippen molar-refractivity contribution >= 4 is 34.9 Å². The summed E-state index contributed by atoms with van der Waals surface area (Å²) in [6.45, 7) is 1.88. The van der Waals surface area contributed by atoms with Crippen LogP contribution in [0.5, 0.6) is 0 Å². The molecule has 0 unspecified atom stereocenters. The number of ether oxygens (including phenoxy) is 1. The molecule has 0 aromatic heterocycles. The molecule has 1 aromatic carbocycles. The summed E-state index contributed by atoms with van der Waals surface area (Å²) in [6.07, 6.45) is 1.83. The Morgan fingerprint density at radius 3 is 2.71 bits per heavy atom. The summed E-state index contributed by atoms with van der Waals surface area (Å²) in [7, 11) is 1.46. The smallest absolute Gasteiger partial charge is 0.242 e. The van der Waals surface area contributed by atoms with Crippen LogP contribution in [0.25, 0.3) is 0 Å². The van der Waals surface area contributed by atoms with E-state index in [1.54, 1.807) is 18.7 Å². The molecule has 0 radical (unpaired) electrons. The zero-order valence-electron chi connectivity index (χ0n) is 12.1. The van der Waals surface area contributed by atoms with Crippen LogP contribution in [0.3, 0.4) is 0 Å². The number of thioether (sulfide) groups is 1. The minimum atomic E-state index is -0.374. The van der Waals surface area contributed by atoms with Gasteiger partial charge in [-0.25, -0.2) is 0 Å². The molecule has 1 aromatic rings. The molecule has 0 saturated carbocycles. The lowest BCUT2D eigenvalue weighted by molar-refractivity contribution is -0.131. The van der Waals surface area contributed by atoms with Crippen molar-refractivity contribution in [3.63, 3.8) is 0 Å². The van der Waals surface area contributed by atoms with Crippen molar-refractivity contribution in [1.82, 2.24) is 4.90 Å². The highest BCUT2D eigenvalue weighted by Gasteiger charge is 2.23. The first-order valence-corrected chi connectivity index (χ1v) is 8.03. The van der Waals surface area contributed by atoms with Gasteiger partial charge in [0.1, 0.15) is 6.61 Å². The lowest BCUT2D eigenvalue weighted by atomic mass is 10.2. The molecule has 6 heteroatoms. The maximum atomic E-state index is 12.1. The van der Waals surface area contributed by atoms with Crippen molar-refractivity contribution < 1.29 is 9.53 Å². The summed E-state index contributed by atoms with van der Waals surface area (Å²) in [6, 6.07) is 10.0. The first-order valence-electron chi connectivity index (χ1n) is 6.47. The second-order valence-corrected chi connectivity index (χ2v) is 6.10. The van der Waals surface area contributed by atoms with Gasteiger partial charge in [0.2, 0.25) is 5.91 Å². The Kier molecular flexibility index (Phi) is 7.80. The minimum absolute atomic E-state index is 0.210. The number of hydrogen-bond donors (Lipinski definition) is 0. The average Bonchev–Trinajstić information content (AvgIpc) is 2.50. The predicted octanol–water partition coefficient (Wildman–Crippen LogP) is 2.84. The van der Waals surface area contributed by atoms with E-state index in [9.17, 15) is 4.79 Å². The summed E-state index contributed by atoms with van der Waals surface area (Å²) in [5.41, 5.74) is 1.20. The number of amides is 1. The van der Waals surface area contributed by atoms with E-state index in [-0.39, 0.29) is 18.4 Å². The van der Waals surface area contributed by atoms with Crippen LogP contribution in [0.4, 0.5) is 0 Å². The second kappa shape index (κ2) is 9.37. The van der Waals surface area contributed by atoms with Crippen molar-refractivity contribution in [2.45, 2.75) is 12.7 Å². The van der Waals surface area contributed by atoms with Gasteiger partial charge in [0.25, 0.3) is 0 Å². The summed E-state index contributed by atoms with van der Waals surface area (Å²) < 4.78 is 5.28. The molecule has 0 fully saturated rings. The molecule has 0 aliphatic rings. The average molecular weight is 322 g/mol. The van der Waals surface area contributed by atoms with Crippen molar-refractivity contribution in [1.29, 1.82) is 5.26 Å². The second-order valence-electron chi connectivity index (χ2n) is 4.50. The lowest BCUT2D eigenvalue weighted by Gasteiger charge is -2.18. The molecular weight excluding hydrogens is 304 g/mol. The normalized spacial score (nSPS) is 11.3. The monoisotopic (exact) mass is 322 g/mol. The number of carbonyl (C=O) groups is 1. The van der Waals surface area contributed by atoms with Crippen LogP contribution in [0.2, 0.25) is 0 Å². The van der Waals surface area contributed by atoms with E-state index in [0.717, 1.165) is 10.7 Å². The van der Waals surface area contributed by atoms with Gasteiger partial charge in [-0.3, -0.25) is 9.69 Å². The van der Waals surface area contributed by atoms with Crippen LogP contribution in [0.15, 0.2) is 30.3 Å². The van der Waals surface area contributed by atoms with Crippen LogP contribution < -0.4 is 0 Å². The number of carbonyl (C=O) groups excluding carboxylic acids is 1. The number of benzene rings is 1. The van der Waals surface area contributed by atoms with Crippen LogP contribution in [0.1, 0.15) is 12.5 Å². The summed E-state index contributed by atoms with van der Waals surface area (Å²) in [5, 5.41) is 9.22. The summed E-state index contributed by atoms with van der Waals surface area (Å²) in [4.78, 5) is 13.1. The van der Waals surface area contributed by atoms with Gasteiger partial charge in [-0.15, -0.1) is 0 Å². The minimum Gasteiger partial charge on any atom is -0.487 e. The van der Waals surface area contributed by atoms with Gasteiger partial charge < -0.3 is 4.74 Å². The van der Waals surface area contributed by atoms with Crippen molar-refractivity contribution in [3.05, 3.63) is 35.9 Å². The zero-order chi connectivity index (χ0) is 15.7. The summed E-state index contributed by atoms with van der Waals surface area (Å²) >= 11 is 6.51. The topological polar surface area (TPSA) is 53.3 Å². The maximum absolute atomic E-state index is 12.1. The van der Waals surface area contributed by atoms with Crippen molar-refractivity contribution in [2.75, 3.05) is 19.4 Å². The van der Waals surface area contributed by atoms with E-state index in [1.807, 2.05) is 36.5 Å². The predicted molar refractivity (Wildman–Crippen MR) is 88.7 cm³/mol. The van der Waals surface area contributed by atoms with Crippen molar-refractivity contribution in [3.8, 4) is 6.19 Å². The number of nitriles is 1. The van der Waals surface area contributed by atoms with Gasteiger partial charge in [-0.1, -0.05) is 30.3 Å². The van der Waals surface area contributed by atoms with E-state index in [4.69, 9.17) is 22.2 Å². The van der Waals surface area contributed by atoms with Gasteiger partial charge in [0.15, 0.2) is 11.2 Å². The molecule has 0 saturated heterocycles. The number of nitrogens with zero attached hydrogens (tertiary/aromatic N) is 2. The first-order chi connectivity index (χ1) is 10.0. The molecule has 0 heterocycles. The Labute approximate surface area is 135 Å². The summed E-state index contributed by atoms with van der Waals surface area (Å²) in [5.74, 6) is 0.787. The molecule has 1 atom stereocenters. The van der Waals surface area contributed by atoms with Crippen LogP contribution in [0, 0.1) is 17.4 Å². The van der Waals surface area contributed by atoms with Crippen molar-refractivity contribution in [2.24, 2.45) is 5.92 Å². The standard InChI is InChI=1S/C15H18N2O2S2/c1-12(20)19-8-14(15(18)17(2)11-16)10-21-9-13-6-4-3-5-7-13/h3-7,14H,8-10H2,1-2H3/t14-/m1/s1. The maximum Gasteiger partial charge on any atom is 0.242 e.